The van der Waals surface area contributed by atoms with Gasteiger partial charge in [0.2, 0.25) is 0 Å². The Morgan fingerprint density at radius 3 is 2.68 bits per heavy atom. The van der Waals surface area contributed by atoms with E-state index in [0.29, 0.717) is 12.1 Å². The maximum Gasteiger partial charge on any atom is 0.354 e. The molecule has 0 atom stereocenters. The van der Waals surface area contributed by atoms with Crippen LogP contribution in [-0.2, 0) is 6.54 Å². The second-order valence-corrected chi connectivity index (χ2v) is 4.09. The number of amides is 1. The van der Waals surface area contributed by atoms with Gasteiger partial charge in [0.1, 0.15) is 5.69 Å². The summed E-state index contributed by atoms with van der Waals surface area (Å²) in [6.45, 7) is 0.451. The van der Waals surface area contributed by atoms with Gasteiger partial charge in [0.25, 0.3) is 5.91 Å². The molecule has 6 heteroatoms. The van der Waals surface area contributed by atoms with Crippen molar-refractivity contribution in [1.29, 1.82) is 0 Å². The Morgan fingerprint density at radius 2 is 2.16 bits per heavy atom. The molecule has 2 aromatic rings. The first-order valence-electron chi connectivity index (χ1n) is 5.65. The molecule has 19 heavy (non-hydrogen) atoms. The number of carbonyl (C=O) groups is 2. The Kier molecular flexibility index (Phi) is 3.61. The minimum atomic E-state index is -1.11. The third kappa shape index (κ3) is 2.98. The van der Waals surface area contributed by atoms with E-state index < -0.39 is 5.97 Å². The zero-order valence-corrected chi connectivity index (χ0v) is 10.3. The lowest BCUT2D eigenvalue weighted by Crippen LogP contribution is -2.26. The quantitative estimate of drug-likeness (QED) is 0.868. The number of nitrogens with one attached hydrogen (secondary N) is 1. The lowest BCUT2D eigenvalue weighted by molar-refractivity contribution is 0.0688. The summed E-state index contributed by atoms with van der Waals surface area (Å²) in [5, 5.41) is 8.73. The van der Waals surface area contributed by atoms with E-state index in [0.717, 1.165) is 5.69 Å². The minimum absolute atomic E-state index is 0.0800. The first kappa shape index (κ1) is 12.8. The van der Waals surface area contributed by atoms with Crippen molar-refractivity contribution in [3.8, 4) is 0 Å². The molecule has 0 aliphatic heterocycles. The molecule has 0 bridgehead atoms. The van der Waals surface area contributed by atoms with Crippen LogP contribution in [0.1, 0.15) is 26.5 Å². The lowest BCUT2D eigenvalue weighted by Gasteiger charge is -2.16. The number of aromatic carboxylic acids is 1. The molecule has 0 fully saturated rings. The van der Waals surface area contributed by atoms with E-state index in [1.807, 2.05) is 12.1 Å². The molecule has 2 aromatic heterocycles. The van der Waals surface area contributed by atoms with Gasteiger partial charge < -0.3 is 15.0 Å². The number of carboxylic acids is 1. The number of carboxylic acid groups (broad SMARTS) is 1. The topological polar surface area (TPSA) is 86.3 Å². The summed E-state index contributed by atoms with van der Waals surface area (Å²) in [5.74, 6) is -1.32. The van der Waals surface area contributed by atoms with Gasteiger partial charge in [-0.05, 0) is 24.3 Å². The molecule has 2 heterocycles. The number of pyridine rings is 1. The second-order valence-electron chi connectivity index (χ2n) is 4.09. The number of carbonyl (C=O) groups excluding carboxylic acids is 1. The van der Waals surface area contributed by atoms with Crippen LogP contribution in [0.5, 0.6) is 0 Å². The molecule has 0 radical (unpaired) electrons. The third-order valence-electron chi connectivity index (χ3n) is 2.65. The standard InChI is InChI=1S/C13H13N3O3/c1-16(8-10-3-2-6-14-10)12(17)9-4-5-11(13(18)19)15-7-9/h2-7,14H,8H2,1H3,(H,18,19). The highest BCUT2D eigenvalue weighted by Gasteiger charge is 2.13. The van der Waals surface area contributed by atoms with E-state index in [1.165, 1.54) is 23.2 Å². The van der Waals surface area contributed by atoms with E-state index >= 15 is 0 Å². The van der Waals surface area contributed by atoms with Crippen LogP contribution >= 0.6 is 0 Å². The van der Waals surface area contributed by atoms with E-state index in [-0.39, 0.29) is 11.6 Å². The second kappa shape index (κ2) is 5.34. The number of hydrogen-bond donors (Lipinski definition) is 2. The Labute approximate surface area is 109 Å². The van der Waals surface area contributed by atoms with Gasteiger partial charge in [-0.3, -0.25) is 4.79 Å². The average molecular weight is 259 g/mol. The van der Waals surface area contributed by atoms with E-state index in [1.54, 1.807) is 13.2 Å². The molecule has 6 nitrogen and oxygen atoms in total. The highest BCUT2D eigenvalue weighted by atomic mass is 16.4. The van der Waals surface area contributed by atoms with Crippen molar-refractivity contribution in [2.75, 3.05) is 7.05 Å². The molecule has 2 rings (SSSR count). The first-order chi connectivity index (χ1) is 9.08. The summed E-state index contributed by atoms with van der Waals surface area (Å²) in [4.78, 5) is 31.0. The number of aromatic nitrogens is 2. The predicted octanol–water partition coefficient (Wildman–Crippen LogP) is 1.38. The number of hydrogen-bond acceptors (Lipinski definition) is 3. The van der Waals surface area contributed by atoms with Crippen molar-refractivity contribution >= 4 is 11.9 Å². The summed E-state index contributed by atoms with van der Waals surface area (Å²) < 4.78 is 0. The normalized spacial score (nSPS) is 10.2. The summed E-state index contributed by atoms with van der Waals surface area (Å²) in [6, 6.07) is 6.52. The molecule has 0 saturated heterocycles. The summed E-state index contributed by atoms with van der Waals surface area (Å²) in [7, 11) is 1.67. The van der Waals surface area contributed by atoms with Gasteiger partial charge in [-0.2, -0.15) is 0 Å². The van der Waals surface area contributed by atoms with Gasteiger partial charge in [0.05, 0.1) is 12.1 Å². The van der Waals surface area contributed by atoms with Crippen LogP contribution in [-0.4, -0.2) is 38.9 Å². The molecule has 2 N–H and O–H groups in total. The highest BCUT2D eigenvalue weighted by Crippen LogP contribution is 2.07. The maximum absolute atomic E-state index is 12.1. The number of nitrogens with zero attached hydrogens (tertiary/aromatic N) is 2. The van der Waals surface area contributed by atoms with Crippen molar-refractivity contribution in [3.63, 3.8) is 0 Å². The zero-order valence-electron chi connectivity index (χ0n) is 10.3. The van der Waals surface area contributed by atoms with Gasteiger partial charge in [0, 0.05) is 25.1 Å². The molecule has 0 aliphatic carbocycles. The van der Waals surface area contributed by atoms with Crippen molar-refractivity contribution in [2.24, 2.45) is 0 Å². The van der Waals surface area contributed by atoms with Gasteiger partial charge in [-0.15, -0.1) is 0 Å². The predicted molar refractivity (Wildman–Crippen MR) is 67.8 cm³/mol. The van der Waals surface area contributed by atoms with Gasteiger partial charge in [-0.25, -0.2) is 9.78 Å². The van der Waals surface area contributed by atoms with Gasteiger partial charge in [0.15, 0.2) is 0 Å². The molecule has 0 aromatic carbocycles. The fourth-order valence-corrected chi connectivity index (χ4v) is 1.66. The Balaban J connectivity index is 2.08. The molecule has 0 spiro atoms. The summed E-state index contributed by atoms with van der Waals surface area (Å²) >= 11 is 0. The smallest absolute Gasteiger partial charge is 0.354 e. The lowest BCUT2D eigenvalue weighted by atomic mass is 10.2. The fourth-order valence-electron chi connectivity index (χ4n) is 1.66. The van der Waals surface area contributed by atoms with Crippen LogP contribution in [0.15, 0.2) is 36.7 Å². The molecule has 98 valence electrons. The number of aromatic amines is 1. The van der Waals surface area contributed by atoms with Gasteiger partial charge >= 0.3 is 5.97 Å². The van der Waals surface area contributed by atoms with Crippen LogP contribution in [0.4, 0.5) is 0 Å². The summed E-state index contributed by atoms with van der Waals surface area (Å²) in [5.41, 5.74) is 1.20. The number of rotatable bonds is 4. The molecular formula is C13H13N3O3. The van der Waals surface area contributed by atoms with Crippen LogP contribution in [0.25, 0.3) is 0 Å². The van der Waals surface area contributed by atoms with Crippen molar-refractivity contribution in [1.82, 2.24) is 14.9 Å². The Morgan fingerprint density at radius 1 is 1.37 bits per heavy atom. The Bertz CT molecular complexity index is 576. The first-order valence-corrected chi connectivity index (χ1v) is 5.65. The van der Waals surface area contributed by atoms with Crippen LogP contribution in [0.2, 0.25) is 0 Å². The van der Waals surface area contributed by atoms with Crippen LogP contribution in [0, 0.1) is 0 Å². The molecule has 0 unspecified atom stereocenters. The molecule has 0 saturated carbocycles. The summed E-state index contributed by atoms with van der Waals surface area (Å²) in [6.07, 6.45) is 3.06. The number of H-pyrrole nitrogens is 1. The maximum atomic E-state index is 12.1. The Hall–Kier alpha value is -2.63. The average Bonchev–Trinajstić information content (AvgIpc) is 2.90. The van der Waals surface area contributed by atoms with Crippen LogP contribution < -0.4 is 0 Å². The highest BCUT2D eigenvalue weighted by molar-refractivity contribution is 5.94. The molecular weight excluding hydrogens is 246 g/mol. The van der Waals surface area contributed by atoms with E-state index in [9.17, 15) is 9.59 Å². The van der Waals surface area contributed by atoms with E-state index in [4.69, 9.17) is 5.11 Å². The molecule has 0 aliphatic rings. The van der Waals surface area contributed by atoms with Crippen LogP contribution in [0.3, 0.4) is 0 Å². The minimum Gasteiger partial charge on any atom is -0.477 e. The zero-order chi connectivity index (χ0) is 13.8. The monoisotopic (exact) mass is 259 g/mol. The third-order valence-corrected chi connectivity index (χ3v) is 2.65. The van der Waals surface area contributed by atoms with E-state index in [2.05, 4.69) is 9.97 Å². The van der Waals surface area contributed by atoms with Crippen molar-refractivity contribution in [3.05, 3.63) is 53.6 Å². The largest absolute Gasteiger partial charge is 0.477 e. The SMILES string of the molecule is CN(Cc1ccc[nH]1)C(=O)c1ccc(C(=O)O)nc1. The fraction of sp³-hybridized carbons (Fsp3) is 0.154. The molecule has 1 amide bonds. The van der Waals surface area contributed by atoms with Crippen molar-refractivity contribution in [2.45, 2.75) is 6.54 Å². The van der Waals surface area contributed by atoms with Crippen molar-refractivity contribution < 1.29 is 14.7 Å². The van der Waals surface area contributed by atoms with Gasteiger partial charge in [-0.1, -0.05) is 0 Å².